The van der Waals surface area contributed by atoms with Crippen LogP contribution in [0.5, 0.6) is 0 Å². The van der Waals surface area contributed by atoms with E-state index in [2.05, 4.69) is 4.98 Å². The Bertz CT molecular complexity index is 1090. The van der Waals surface area contributed by atoms with Crippen LogP contribution in [0.25, 0.3) is 11.3 Å². The molecule has 2 N–H and O–H groups in total. The molecule has 3 aromatic rings. The molecule has 3 atom stereocenters. The summed E-state index contributed by atoms with van der Waals surface area (Å²) in [5.41, 5.74) is 2.17. The zero-order chi connectivity index (χ0) is 22.0. The van der Waals surface area contributed by atoms with Gasteiger partial charge in [0.2, 0.25) is 5.91 Å². The summed E-state index contributed by atoms with van der Waals surface area (Å²) in [5.74, 6) is -2.92. The Morgan fingerprint density at radius 1 is 1.16 bits per heavy atom. The number of benzene rings is 2. The van der Waals surface area contributed by atoms with E-state index in [-0.39, 0.29) is 18.9 Å². The minimum absolute atomic E-state index is 0.259. The zero-order valence-electron chi connectivity index (χ0n) is 16.5. The Hall–Kier alpha value is -2.74. The third-order valence-electron chi connectivity index (χ3n) is 5.53. The van der Waals surface area contributed by atoms with Gasteiger partial charge in [0.15, 0.2) is 5.13 Å². The van der Waals surface area contributed by atoms with Gasteiger partial charge in [0.1, 0.15) is 0 Å². The highest BCUT2D eigenvalue weighted by molar-refractivity contribution is 7.14. The highest BCUT2D eigenvalue weighted by Crippen LogP contribution is 2.39. The van der Waals surface area contributed by atoms with Gasteiger partial charge in [-0.3, -0.25) is 14.5 Å². The van der Waals surface area contributed by atoms with Crippen LogP contribution in [0, 0.1) is 5.92 Å². The number of rotatable bonds is 5. The molecule has 1 aliphatic rings. The van der Waals surface area contributed by atoms with E-state index < -0.39 is 23.9 Å². The Kier molecular flexibility index (Phi) is 6.36. The normalized spacial score (nSPS) is 21.7. The molecule has 0 saturated carbocycles. The van der Waals surface area contributed by atoms with E-state index in [1.165, 1.54) is 16.2 Å². The van der Waals surface area contributed by atoms with Gasteiger partial charge in [-0.1, -0.05) is 60.1 Å². The van der Waals surface area contributed by atoms with Crippen LogP contribution in [0.3, 0.4) is 0 Å². The molecule has 0 bridgehead atoms. The summed E-state index contributed by atoms with van der Waals surface area (Å²) in [6.07, 6.45) is -0.888. The van der Waals surface area contributed by atoms with Crippen molar-refractivity contribution in [3.63, 3.8) is 0 Å². The van der Waals surface area contributed by atoms with Gasteiger partial charge in [-0.2, -0.15) is 0 Å². The number of thiazole rings is 1. The third kappa shape index (κ3) is 4.49. The number of anilines is 1. The second kappa shape index (κ2) is 9.18. The molecule has 160 valence electrons. The summed E-state index contributed by atoms with van der Waals surface area (Å²) in [7, 11) is 0. The number of halogens is 1. The number of amides is 1. The highest BCUT2D eigenvalue weighted by atomic mass is 35.5. The van der Waals surface area contributed by atoms with E-state index in [0.29, 0.717) is 22.3 Å². The minimum Gasteiger partial charge on any atom is -0.481 e. The number of hydrogen-bond acceptors (Lipinski definition) is 5. The van der Waals surface area contributed by atoms with E-state index in [4.69, 9.17) is 11.6 Å². The molecule has 0 spiro atoms. The number of carboxylic acids is 1. The molecule has 2 aromatic carbocycles. The molecule has 1 unspecified atom stereocenters. The lowest BCUT2D eigenvalue weighted by atomic mass is 9.79. The van der Waals surface area contributed by atoms with Gasteiger partial charge in [-0.05, 0) is 18.1 Å². The summed E-state index contributed by atoms with van der Waals surface area (Å²) < 4.78 is 0. The summed E-state index contributed by atoms with van der Waals surface area (Å²) in [4.78, 5) is 31.2. The number of aromatic nitrogens is 1. The van der Waals surface area contributed by atoms with E-state index in [1.807, 2.05) is 53.9 Å². The first-order chi connectivity index (χ1) is 15.0. The van der Waals surface area contributed by atoms with Crippen LogP contribution in [0.2, 0.25) is 5.02 Å². The van der Waals surface area contributed by atoms with E-state index in [1.54, 1.807) is 6.07 Å². The summed E-state index contributed by atoms with van der Waals surface area (Å²) in [5, 5.41) is 23.2. The molecule has 0 radical (unpaired) electrons. The lowest BCUT2D eigenvalue weighted by Crippen LogP contribution is -2.38. The number of aliphatic carboxylic acids is 1. The average molecular weight is 457 g/mol. The van der Waals surface area contributed by atoms with Gasteiger partial charge >= 0.3 is 5.97 Å². The number of aliphatic hydroxyl groups is 1. The first kappa shape index (κ1) is 21.5. The summed E-state index contributed by atoms with van der Waals surface area (Å²) >= 11 is 7.58. The average Bonchev–Trinajstić information content (AvgIpc) is 3.19. The van der Waals surface area contributed by atoms with Crippen molar-refractivity contribution in [2.24, 2.45) is 5.92 Å². The lowest BCUT2D eigenvalue weighted by molar-refractivity contribution is -0.141. The molecule has 1 aromatic heterocycles. The molecular formula is C23H21ClN2O4S. The Labute approximate surface area is 188 Å². The van der Waals surface area contributed by atoms with Gasteiger partial charge in [0.25, 0.3) is 0 Å². The van der Waals surface area contributed by atoms with Crippen LogP contribution in [-0.4, -0.2) is 39.7 Å². The van der Waals surface area contributed by atoms with Crippen LogP contribution in [0.1, 0.15) is 24.3 Å². The molecule has 4 rings (SSSR count). The second-order valence-electron chi connectivity index (χ2n) is 7.48. The lowest BCUT2D eigenvalue weighted by Gasteiger charge is -2.28. The maximum Gasteiger partial charge on any atom is 0.304 e. The number of nitrogens with zero attached hydrogens (tertiary/aromatic N) is 2. The van der Waals surface area contributed by atoms with Crippen molar-refractivity contribution in [1.82, 2.24) is 4.98 Å². The van der Waals surface area contributed by atoms with Gasteiger partial charge in [0, 0.05) is 28.4 Å². The van der Waals surface area contributed by atoms with Crippen LogP contribution in [-0.2, 0) is 9.59 Å². The van der Waals surface area contributed by atoms with Crippen molar-refractivity contribution in [2.75, 3.05) is 11.4 Å². The number of aliphatic hydroxyl groups excluding tert-OH is 1. The topological polar surface area (TPSA) is 90.7 Å². The summed E-state index contributed by atoms with van der Waals surface area (Å²) in [6, 6.07) is 16.5. The van der Waals surface area contributed by atoms with Gasteiger partial charge < -0.3 is 10.2 Å². The second-order valence-corrected chi connectivity index (χ2v) is 8.73. The monoisotopic (exact) mass is 456 g/mol. The van der Waals surface area contributed by atoms with Crippen molar-refractivity contribution < 1.29 is 19.8 Å². The standard InChI is InChI=1S/C23H21ClN2O4S/c24-17-9-5-4-8-15(17)18-13-31-23(25-18)26-11-10-19(27)21(14-6-2-1-3-7-14)16(22(26)30)12-20(28)29/h1-9,13,16,19,21,27H,10-12H2,(H,28,29)/t16-,19?,21+/m0/s1. The predicted octanol–water partition coefficient (Wildman–Crippen LogP) is 4.44. The fraction of sp³-hybridized carbons (Fsp3) is 0.261. The van der Waals surface area contributed by atoms with Gasteiger partial charge in [-0.15, -0.1) is 11.3 Å². The van der Waals surface area contributed by atoms with E-state index in [9.17, 15) is 19.8 Å². The van der Waals surface area contributed by atoms with Crippen molar-refractivity contribution in [3.8, 4) is 11.3 Å². The Balaban J connectivity index is 1.70. The van der Waals surface area contributed by atoms with Crippen LogP contribution in [0.4, 0.5) is 5.13 Å². The molecule has 1 amide bonds. The maximum absolute atomic E-state index is 13.5. The first-order valence-corrected chi connectivity index (χ1v) is 11.2. The maximum atomic E-state index is 13.5. The van der Waals surface area contributed by atoms with Crippen molar-refractivity contribution in [2.45, 2.75) is 24.9 Å². The van der Waals surface area contributed by atoms with Crippen molar-refractivity contribution >= 4 is 39.9 Å². The largest absolute Gasteiger partial charge is 0.481 e. The van der Waals surface area contributed by atoms with Gasteiger partial charge in [0.05, 0.1) is 24.1 Å². The fourth-order valence-electron chi connectivity index (χ4n) is 4.08. The molecule has 1 saturated heterocycles. The predicted molar refractivity (Wildman–Crippen MR) is 120 cm³/mol. The third-order valence-corrected chi connectivity index (χ3v) is 6.72. The quantitative estimate of drug-likeness (QED) is 0.592. The van der Waals surface area contributed by atoms with Gasteiger partial charge in [-0.25, -0.2) is 4.98 Å². The number of carbonyl (C=O) groups is 2. The Morgan fingerprint density at radius 2 is 1.87 bits per heavy atom. The number of carboxylic acid groups (broad SMARTS) is 1. The van der Waals surface area contributed by atoms with E-state index in [0.717, 1.165) is 11.1 Å². The molecule has 8 heteroatoms. The molecule has 1 aliphatic heterocycles. The molecule has 31 heavy (non-hydrogen) atoms. The number of carbonyl (C=O) groups excluding carboxylic acids is 1. The van der Waals surface area contributed by atoms with Crippen LogP contribution < -0.4 is 4.90 Å². The smallest absolute Gasteiger partial charge is 0.304 e. The van der Waals surface area contributed by atoms with Crippen LogP contribution in [0.15, 0.2) is 60.0 Å². The highest BCUT2D eigenvalue weighted by Gasteiger charge is 2.42. The first-order valence-electron chi connectivity index (χ1n) is 9.92. The van der Waals surface area contributed by atoms with Crippen molar-refractivity contribution in [1.29, 1.82) is 0 Å². The number of hydrogen-bond donors (Lipinski definition) is 2. The Morgan fingerprint density at radius 3 is 2.58 bits per heavy atom. The summed E-state index contributed by atoms with van der Waals surface area (Å²) in [6.45, 7) is 0.259. The fourth-order valence-corrected chi connectivity index (χ4v) is 5.16. The zero-order valence-corrected chi connectivity index (χ0v) is 18.1. The van der Waals surface area contributed by atoms with Crippen molar-refractivity contribution in [3.05, 3.63) is 70.6 Å². The van der Waals surface area contributed by atoms with Crippen LogP contribution >= 0.6 is 22.9 Å². The minimum atomic E-state index is -1.08. The SMILES string of the molecule is O=C(O)C[C@@H]1C(=O)N(c2nc(-c3ccccc3Cl)cs2)CCC(O)[C@@H]1c1ccccc1. The van der Waals surface area contributed by atoms with E-state index >= 15 is 0 Å². The molecule has 2 heterocycles. The molecule has 1 fully saturated rings. The molecule has 6 nitrogen and oxygen atoms in total. The molecule has 0 aliphatic carbocycles. The molecular weight excluding hydrogens is 436 g/mol.